The Balaban J connectivity index is 1.87. The summed E-state index contributed by atoms with van der Waals surface area (Å²) in [7, 11) is -0.994. The number of nitrogens with zero attached hydrogens (tertiary/aromatic N) is 1. The van der Waals surface area contributed by atoms with Crippen molar-refractivity contribution >= 4 is 16.8 Å². The van der Waals surface area contributed by atoms with Crippen molar-refractivity contribution in [3.8, 4) is 0 Å². The Morgan fingerprint density at radius 3 is 2.58 bits per heavy atom. The van der Waals surface area contributed by atoms with E-state index in [0.29, 0.717) is 24.8 Å². The van der Waals surface area contributed by atoms with E-state index in [1.165, 1.54) is 11.1 Å². The molecule has 0 saturated carbocycles. The Morgan fingerprint density at radius 1 is 1.12 bits per heavy atom. The van der Waals surface area contributed by atoms with E-state index in [9.17, 15) is 4.21 Å². The Bertz CT molecular complexity index is 731. The maximum absolute atomic E-state index is 12.3. The summed E-state index contributed by atoms with van der Waals surface area (Å²) >= 11 is 0. The number of benzene rings is 2. The largest absolute Gasteiger partial charge is 0.357 e. The zero-order valence-electron chi connectivity index (χ0n) is 15.9. The molecule has 0 aromatic heterocycles. The van der Waals surface area contributed by atoms with Crippen LogP contribution in [0, 0.1) is 6.92 Å². The fourth-order valence-electron chi connectivity index (χ4n) is 2.60. The number of hydrogen-bond acceptors (Lipinski definition) is 2. The lowest BCUT2D eigenvalue weighted by Gasteiger charge is -2.14. The van der Waals surface area contributed by atoms with Crippen LogP contribution in [0.4, 0.5) is 0 Å². The van der Waals surface area contributed by atoms with Gasteiger partial charge in [0.25, 0.3) is 0 Å². The molecule has 0 bridgehead atoms. The maximum Gasteiger partial charge on any atom is 0.191 e. The van der Waals surface area contributed by atoms with Crippen molar-refractivity contribution in [2.24, 2.45) is 4.99 Å². The topological polar surface area (TPSA) is 53.5 Å². The van der Waals surface area contributed by atoms with Gasteiger partial charge in [0, 0.05) is 36.2 Å². The second kappa shape index (κ2) is 10.8. The van der Waals surface area contributed by atoms with E-state index in [1.807, 2.05) is 37.3 Å². The molecule has 0 amide bonds. The molecular formula is C21H29N3OS. The molecule has 0 fully saturated rings. The van der Waals surface area contributed by atoms with E-state index in [-0.39, 0.29) is 0 Å². The maximum atomic E-state index is 12.3. The summed E-state index contributed by atoms with van der Waals surface area (Å²) in [6, 6.07) is 18.1. The molecule has 0 aliphatic heterocycles. The Hall–Kier alpha value is -2.14. The minimum absolute atomic E-state index is 0.351. The quantitative estimate of drug-likeness (QED) is 0.552. The molecule has 4 nitrogen and oxygen atoms in total. The van der Waals surface area contributed by atoms with Gasteiger partial charge in [-0.1, -0.05) is 55.0 Å². The highest BCUT2D eigenvalue weighted by Gasteiger charge is 2.07. The lowest BCUT2D eigenvalue weighted by atomic mass is 10.00. The third kappa shape index (κ3) is 6.64. The van der Waals surface area contributed by atoms with Crippen LogP contribution in [0.15, 0.2) is 64.5 Å². The average molecular weight is 372 g/mol. The second-order valence-electron chi connectivity index (χ2n) is 6.32. The highest BCUT2D eigenvalue weighted by molar-refractivity contribution is 7.85. The molecule has 2 aromatic rings. The van der Waals surface area contributed by atoms with Gasteiger partial charge in [0.15, 0.2) is 5.96 Å². The van der Waals surface area contributed by atoms with Crippen molar-refractivity contribution in [1.82, 2.24) is 10.6 Å². The van der Waals surface area contributed by atoms with Crippen LogP contribution in [0.2, 0.25) is 0 Å². The Labute approximate surface area is 159 Å². The highest BCUT2D eigenvalue weighted by atomic mass is 32.2. The van der Waals surface area contributed by atoms with E-state index in [1.54, 1.807) is 0 Å². The second-order valence-corrected chi connectivity index (χ2v) is 7.89. The first-order valence-corrected chi connectivity index (χ1v) is 10.4. The van der Waals surface area contributed by atoms with Crippen molar-refractivity contribution in [1.29, 1.82) is 0 Å². The van der Waals surface area contributed by atoms with Gasteiger partial charge in [-0.05, 0) is 31.5 Å². The van der Waals surface area contributed by atoms with Crippen LogP contribution in [-0.2, 0) is 10.8 Å². The van der Waals surface area contributed by atoms with Crippen molar-refractivity contribution < 1.29 is 4.21 Å². The Morgan fingerprint density at radius 2 is 1.88 bits per heavy atom. The number of guanidine groups is 1. The van der Waals surface area contributed by atoms with Crippen LogP contribution in [0.25, 0.3) is 0 Å². The van der Waals surface area contributed by atoms with Crippen LogP contribution in [0.5, 0.6) is 0 Å². The van der Waals surface area contributed by atoms with Gasteiger partial charge in [-0.2, -0.15) is 0 Å². The minimum Gasteiger partial charge on any atom is -0.357 e. The van der Waals surface area contributed by atoms with Crippen LogP contribution in [0.1, 0.15) is 30.9 Å². The molecule has 0 radical (unpaired) electrons. The summed E-state index contributed by atoms with van der Waals surface area (Å²) in [6.07, 6.45) is 0. The van der Waals surface area contributed by atoms with Crippen molar-refractivity contribution in [3.05, 3.63) is 65.7 Å². The number of hydrogen-bond donors (Lipinski definition) is 2. The number of aliphatic imine (C=N–C) groups is 1. The first-order chi connectivity index (χ1) is 12.6. The number of nitrogens with one attached hydrogen (secondary N) is 2. The average Bonchev–Trinajstić information content (AvgIpc) is 2.66. The molecule has 0 aliphatic carbocycles. The van der Waals surface area contributed by atoms with E-state index in [2.05, 4.69) is 53.7 Å². The van der Waals surface area contributed by atoms with Gasteiger partial charge in [0.1, 0.15) is 0 Å². The SMILES string of the molecule is CCNC(=NCC(C)c1cccc(C)c1)NCCS(=O)c1ccccc1. The molecular weight excluding hydrogens is 342 g/mol. The third-order valence-corrected chi connectivity index (χ3v) is 5.44. The van der Waals surface area contributed by atoms with Crippen LogP contribution < -0.4 is 10.6 Å². The zero-order valence-corrected chi connectivity index (χ0v) is 16.7. The van der Waals surface area contributed by atoms with Gasteiger partial charge in [-0.3, -0.25) is 9.20 Å². The first kappa shape index (κ1) is 20.2. The summed E-state index contributed by atoms with van der Waals surface area (Å²) < 4.78 is 12.3. The van der Waals surface area contributed by atoms with E-state index >= 15 is 0 Å². The van der Waals surface area contributed by atoms with Gasteiger partial charge in [0.05, 0.1) is 10.8 Å². The van der Waals surface area contributed by atoms with Crippen molar-refractivity contribution in [2.45, 2.75) is 31.6 Å². The Kier molecular flexibility index (Phi) is 8.35. The normalized spacial score (nSPS) is 13.9. The van der Waals surface area contributed by atoms with Crippen LogP contribution in [-0.4, -0.2) is 35.6 Å². The zero-order chi connectivity index (χ0) is 18.8. The van der Waals surface area contributed by atoms with Gasteiger partial charge in [-0.25, -0.2) is 0 Å². The molecule has 0 aliphatic rings. The lowest BCUT2D eigenvalue weighted by Crippen LogP contribution is -2.39. The number of rotatable bonds is 8. The van der Waals surface area contributed by atoms with E-state index in [4.69, 9.17) is 0 Å². The monoisotopic (exact) mass is 371 g/mol. The van der Waals surface area contributed by atoms with Gasteiger partial charge in [-0.15, -0.1) is 0 Å². The first-order valence-electron chi connectivity index (χ1n) is 9.12. The fourth-order valence-corrected chi connectivity index (χ4v) is 3.59. The summed E-state index contributed by atoms with van der Waals surface area (Å²) in [5.41, 5.74) is 2.57. The third-order valence-electron chi connectivity index (χ3n) is 4.06. The fraction of sp³-hybridized carbons (Fsp3) is 0.381. The molecule has 2 unspecified atom stereocenters. The van der Waals surface area contributed by atoms with E-state index < -0.39 is 10.8 Å². The van der Waals surface area contributed by atoms with Gasteiger partial charge < -0.3 is 10.6 Å². The van der Waals surface area contributed by atoms with Crippen molar-refractivity contribution in [2.75, 3.05) is 25.4 Å². The summed E-state index contributed by atoms with van der Waals surface area (Å²) in [6.45, 7) is 8.47. The molecule has 0 saturated heterocycles. The number of aryl methyl sites for hydroxylation is 1. The molecule has 26 heavy (non-hydrogen) atoms. The molecule has 140 valence electrons. The van der Waals surface area contributed by atoms with E-state index in [0.717, 1.165) is 17.4 Å². The standard InChI is InChI=1S/C21H29N3OS/c1-4-22-21(23-13-14-26(25)20-11-6-5-7-12-20)24-16-18(3)19-10-8-9-17(2)15-19/h5-12,15,18H,4,13-14,16H2,1-3H3,(H2,22,23,24). The van der Waals surface area contributed by atoms with Gasteiger partial charge >= 0.3 is 0 Å². The van der Waals surface area contributed by atoms with Crippen LogP contribution >= 0.6 is 0 Å². The smallest absolute Gasteiger partial charge is 0.191 e. The predicted octanol–water partition coefficient (Wildman–Crippen LogP) is 3.46. The lowest BCUT2D eigenvalue weighted by molar-refractivity contribution is 0.681. The molecule has 2 atom stereocenters. The minimum atomic E-state index is -0.994. The molecule has 2 rings (SSSR count). The highest BCUT2D eigenvalue weighted by Crippen LogP contribution is 2.16. The molecule has 2 aromatic carbocycles. The molecule has 0 spiro atoms. The van der Waals surface area contributed by atoms with Crippen molar-refractivity contribution in [3.63, 3.8) is 0 Å². The predicted molar refractivity (Wildman–Crippen MR) is 111 cm³/mol. The molecule has 5 heteroatoms. The summed E-state index contributed by atoms with van der Waals surface area (Å²) in [5.74, 6) is 1.68. The molecule has 0 heterocycles. The summed E-state index contributed by atoms with van der Waals surface area (Å²) in [5, 5.41) is 6.54. The summed E-state index contributed by atoms with van der Waals surface area (Å²) in [4.78, 5) is 5.55. The van der Waals surface area contributed by atoms with Crippen LogP contribution in [0.3, 0.4) is 0 Å². The van der Waals surface area contributed by atoms with Gasteiger partial charge in [0.2, 0.25) is 0 Å². The molecule has 2 N–H and O–H groups in total.